The minimum Gasteiger partial charge on any atom is -0.506 e. The normalized spacial score (nSPS) is 19.7. The fraction of sp³-hybridized carbons (Fsp3) is 0.300. The SMILES string of the molecule is C[C@@H]1Cc2c(I)cc(I)c(O)c2C(=O)O1. The molecular weight excluding hydrogens is 422 g/mol. The molecule has 5 heteroatoms. The number of phenolic OH excluding ortho intramolecular Hbond substituents is 1. The summed E-state index contributed by atoms with van der Waals surface area (Å²) in [6.45, 7) is 1.85. The molecular formula is C10H8I2O3. The maximum atomic E-state index is 11.6. The predicted molar refractivity (Wildman–Crippen MR) is 72.1 cm³/mol. The van der Waals surface area contributed by atoms with E-state index in [-0.39, 0.29) is 11.9 Å². The fourth-order valence-electron chi connectivity index (χ4n) is 1.64. The van der Waals surface area contributed by atoms with Gasteiger partial charge in [0, 0.05) is 9.99 Å². The molecule has 0 saturated heterocycles. The van der Waals surface area contributed by atoms with Crippen LogP contribution < -0.4 is 0 Å². The molecule has 0 bridgehead atoms. The predicted octanol–water partition coefficient (Wildman–Crippen LogP) is 2.70. The topological polar surface area (TPSA) is 46.5 Å². The molecule has 0 radical (unpaired) electrons. The molecule has 1 aromatic carbocycles. The molecule has 0 spiro atoms. The van der Waals surface area contributed by atoms with E-state index in [4.69, 9.17) is 4.74 Å². The maximum Gasteiger partial charge on any atom is 0.342 e. The van der Waals surface area contributed by atoms with Gasteiger partial charge in [0.05, 0.1) is 3.57 Å². The molecule has 15 heavy (non-hydrogen) atoms. The third-order valence-electron chi connectivity index (χ3n) is 2.31. The summed E-state index contributed by atoms with van der Waals surface area (Å²) in [6, 6.07) is 1.88. The van der Waals surface area contributed by atoms with Gasteiger partial charge in [0.15, 0.2) is 0 Å². The number of aromatic hydroxyl groups is 1. The lowest BCUT2D eigenvalue weighted by molar-refractivity contribution is 0.0296. The summed E-state index contributed by atoms with van der Waals surface area (Å²) in [7, 11) is 0. The Hall–Kier alpha value is -0.0500. The molecule has 0 saturated carbocycles. The minimum atomic E-state index is -0.419. The maximum absolute atomic E-state index is 11.6. The van der Waals surface area contributed by atoms with E-state index in [1.165, 1.54) is 0 Å². The zero-order valence-electron chi connectivity index (χ0n) is 7.88. The molecule has 1 aliphatic rings. The van der Waals surface area contributed by atoms with Crippen molar-refractivity contribution in [3.8, 4) is 5.75 Å². The van der Waals surface area contributed by atoms with Gasteiger partial charge in [-0.2, -0.15) is 0 Å². The van der Waals surface area contributed by atoms with Crippen LogP contribution in [0.1, 0.15) is 22.8 Å². The van der Waals surface area contributed by atoms with E-state index < -0.39 is 5.97 Å². The zero-order valence-corrected chi connectivity index (χ0v) is 12.2. The Bertz CT molecular complexity index is 443. The Morgan fingerprint density at radius 2 is 2.13 bits per heavy atom. The highest BCUT2D eigenvalue weighted by Gasteiger charge is 2.29. The van der Waals surface area contributed by atoms with E-state index in [0.717, 1.165) is 9.13 Å². The molecule has 3 nitrogen and oxygen atoms in total. The van der Waals surface area contributed by atoms with Crippen LogP contribution in [0.5, 0.6) is 5.75 Å². The second-order valence-corrected chi connectivity index (χ2v) is 5.79. The Morgan fingerprint density at radius 1 is 1.47 bits per heavy atom. The number of phenols is 1. The summed E-state index contributed by atoms with van der Waals surface area (Å²) >= 11 is 4.19. The molecule has 0 unspecified atom stereocenters. The second-order valence-electron chi connectivity index (χ2n) is 3.46. The third kappa shape index (κ3) is 1.95. The molecule has 1 aromatic rings. The average Bonchev–Trinajstić information content (AvgIpc) is 2.13. The van der Waals surface area contributed by atoms with Crippen LogP contribution in [0.4, 0.5) is 0 Å². The van der Waals surface area contributed by atoms with E-state index in [1.54, 1.807) is 0 Å². The minimum absolute atomic E-state index is 0.0444. The number of fused-ring (bicyclic) bond motifs is 1. The van der Waals surface area contributed by atoms with Gasteiger partial charge in [0.1, 0.15) is 17.4 Å². The molecule has 2 rings (SSSR count). The van der Waals surface area contributed by atoms with Gasteiger partial charge in [-0.05, 0) is 63.7 Å². The van der Waals surface area contributed by atoms with Crippen molar-refractivity contribution in [1.29, 1.82) is 0 Å². The lowest BCUT2D eigenvalue weighted by Gasteiger charge is -2.23. The van der Waals surface area contributed by atoms with Gasteiger partial charge in [0.25, 0.3) is 0 Å². The molecule has 0 amide bonds. The number of cyclic esters (lactones) is 1. The highest BCUT2D eigenvalue weighted by atomic mass is 127. The van der Waals surface area contributed by atoms with Crippen LogP contribution in [0, 0.1) is 7.14 Å². The molecule has 1 heterocycles. The van der Waals surface area contributed by atoms with E-state index in [9.17, 15) is 9.90 Å². The van der Waals surface area contributed by atoms with Gasteiger partial charge in [-0.25, -0.2) is 4.79 Å². The second kappa shape index (κ2) is 4.08. The molecule has 0 aliphatic carbocycles. The van der Waals surface area contributed by atoms with Crippen LogP contribution in [0.15, 0.2) is 6.07 Å². The summed E-state index contributed by atoms with van der Waals surface area (Å²) in [6.07, 6.45) is 0.557. The standard InChI is InChI=1S/C10H8I2O3/c1-4-2-5-6(11)3-7(12)9(13)8(5)10(14)15-4/h3-4,13H,2H2,1H3/t4-/m1/s1. The first-order valence-corrected chi connectivity index (χ1v) is 6.57. The number of carbonyl (C=O) groups excluding carboxylic acids is 1. The molecule has 0 aromatic heterocycles. The first-order valence-electron chi connectivity index (χ1n) is 4.41. The summed E-state index contributed by atoms with van der Waals surface area (Å²) in [5.74, 6) is -0.374. The number of hydrogen-bond acceptors (Lipinski definition) is 3. The first kappa shape index (κ1) is 11.4. The van der Waals surface area contributed by atoms with Crippen LogP contribution >= 0.6 is 45.2 Å². The highest BCUT2D eigenvalue weighted by Crippen LogP contribution is 2.35. The Morgan fingerprint density at radius 3 is 2.80 bits per heavy atom. The fourth-order valence-corrected chi connectivity index (χ4v) is 3.62. The van der Waals surface area contributed by atoms with Crippen LogP contribution in [-0.4, -0.2) is 17.2 Å². The van der Waals surface area contributed by atoms with Gasteiger partial charge in [-0.1, -0.05) is 0 Å². The van der Waals surface area contributed by atoms with Crippen molar-refractivity contribution in [2.24, 2.45) is 0 Å². The third-order valence-corrected chi connectivity index (χ3v) is 4.10. The summed E-state index contributed by atoms with van der Waals surface area (Å²) in [4.78, 5) is 11.6. The number of carbonyl (C=O) groups is 1. The van der Waals surface area contributed by atoms with Crippen molar-refractivity contribution in [3.05, 3.63) is 24.3 Å². The van der Waals surface area contributed by atoms with Crippen molar-refractivity contribution < 1.29 is 14.6 Å². The smallest absolute Gasteiger partial charge is 0.342 e. The highest BCUT2D eigenvalue weighted by molar-refractivity contribution is 14.1. The molecule has 1 aliphatic heterocycles. The van der Waals surface area contributed by atoms with Crippen molar-refractivity contribution in [2.75, 3.05) is 0 Å². The van der Waals surface area contributed by atoms with Crippen molar-refractivity contribution in [3.63, 3.8) is 0 Å². The van der Waals surface area contributed by atoms with Gasteiger partial charge < -0.3 is 9.84 Å². The number of ether oxygens (including phenoxy) is 1. The molecule has 80 valence electrons. The van der Waals surface area contributed by atoms with Crippen molar-refractivity contribution >= 4 is 51.2 Å². The van der Waals surface area contributed by atoms with Crippen LogP contribution in [0.25, 0.3) is 0 Å². The molecule has 1 atom stereocenters. The lowest BCUT2D eigenvalue weighted by atomic mass is 9.98. The Labute approximate surface area is 114 Å². The number of rotatable bonds is 0. The molecule has 0 fully saturated rings. The Balaban J connectivity index is 2.69. The quantitative estimate of drug-likeness (QED) is 0.509. The zero-order chi connectivity index (χ0) is 11.2. The average molecular weight is 430 g/mol. The Kier molecular flexibility index (Phi) is 3.11. The lowest BCUT2D eigenvalue weighted by Crippen LogP contribution is -2.26. The van der Waals surface area contributed by atoms with E-state index in [0.29, 0.717) is 15.6 Å². The largest absolute Gasteiger partial charge is 0.506 e. The van der Waals surface area contributed by atoms with Crippen LogP contribution in [-0.2, 0) is 11.2 Å². The number of esters is 1. The van der Waals surface area contributed by atoms with Gasteiger partial charge in [0.2, 0.25) is 0 Å². The first-order chi connectivity index (χ1) is 7.00. The number of halogens is 2. The van der Waals surface area contributed by atoms with E-state index in [1.807, 2.05) is 35.6 Å². The van der Waals surface area contributed by atoms with E-state index >= 15 is 0 Å². The van der Waals surface area contributed by atoms with Crippen molar-refractivity contribution in [1.82, 2.24) is 0 Å². The summed E-state index contributed by atoms with van der Waals surface area (Å²) in [5, 5.41) is 9.81. The monoisotopic (exact) mass is 430 g/mol. The number of hydrogen-bond donors (Lipinski definition) is 1. The summed E-state index contributed by atoms with van der Waals surface area (Å²) in [5.41, 5.74) is 1.24. The van der Waals surface area contributed by atoms with Crippen LogP contribution in [0.3, 0.4) is 0 Å². The van der Waals surface area contributed by atoms with Crippen molar-refractivity contribution in [2.45, 2.75) is 19.4 Å². The van der Waals surface area contributed by atoms with Gasteiger partial charge >= 0.3 is 5.97 Å². The van der Waals surface area contributed by atoms with E-state index in [2.05, 4.69) is 22.6 Å². The number of benzene rings is 1. The van der Waals surface area contributed by atoms with Crippen LogP contribution in [0.2, 0.25) is 0 Å². The molecule has 1 N–H and O–H groups in total. The van der Waals surface area contributed by atoms with Gasteiger partial charge in [-0.15, -0.1) is 0 Å². The summed E-state index contributed by atoms with van der Waals surface area (Å²) < 4.78 is 6.79. The van der Waals surface area contributed by atoms with Gasteiger partial charge in [-0.3, -0.25) is 0 Å².